The minimum atomic E-state index is -0.739. The van der Waals surface area contributed by atoms with E-state index in [1.54, 1.807) is 84.9 Å². The second-order valence-electron chi connectivity index (χ2n) is 12.0. The summed E-state index contributed by atoms with van der Waals surface area (Å²) in [5.41, 5.74) is 2.54. The van der Waals surface area contributed by atoms with Crippen LogP contribution < -0.4 is 35.2 Å². The summed E-state index contributed by atoms with van der Waals surface area (Å²) in [5, 5.41) is 13.4. The van der Waals surface area contributed by atoms with Gasteiger partial charge in [-0.05, 0) is 71.8 Å². The summed E-state index contributed by atoms with van der Waals surface area (Å²) in [4.78, 5) is 54.5. The molecule has 0 fully saturated rings. The van der Waals surface area contributed by atoms with E-state index in [1.165, 1.54) is 44.2 Å². The molecule has 0 aliphatic carbocycles. The third kappa shape index (κ3) is 9.39. The van der Waals surface area contributed by atoms with Gasteiger partial charge in [-0.3, -0.25) is 19.2 Å². The summed E-state index contributed by atoms with van der Waals surface area (Å²) in [6.07, 6.45) is 1.45. The quantitative estimate of drug-likeness (QED) is 0.0877. The molecule has 3 N–H and O–H groups in total. The number of nitrogens with zero attached hydrogens (tertiary/aromatic N) is 2. The molecule has 0 spiro atoms. The molecule has 0 bridgehead atoms. The molecule has 0 saturated heterocycles. The van der Waals surface area contributed by atoms with Crippen molar-refractivity contribution in [2.24, 2.45) is 5.10 Å². The lowest BCUT2D eigenvalue weighted by Crippen LogP contribution is -2.33. The molecule has 1 unspecified atom stereocenters. The third-order valence-electron chi connectivity index (χ3n) is 8.26. The smallest absolute Gasteiger partial charge is 0.272 e. The second kappa shape index (κ2) is 17.8. The van der Waals surface area contributed by atoms with Crippen molar-refractivity contribution >= 4 is 58.7 Å². The summed E-state index contributed by atoms with van der Waals surface area (Å²) in [5.74, 6) is -0.380. The molecule has 0 saturated carbocycles. The van der Waals surface area contributed by atoms with Crippen molar-refractivity contribution in [1.82, 2.24) is 10.6 Å². The number of nitrogens with one attached hydrogen (secondary N) is 3. The van der Waals surface area contributed by atoms with E-state index in [0.29, 0.717) is 44.6 Å². The SMILES string of the molecule is COc1cc(/C=C(/NC(=O)c2ccccc2)C(=O)Nc2cccc(SC(C(=O)NC3=NN(c4ccccc4)C(=O)C3)c3ccccc3)c2)cc(OC)c1OC. The van der Waals surface area contributed by atoms with Gasteiger partial charge in [0.2, 0.25) is 11.7 Å². The molecule has 12 nitrogen and oxygen atoms in total. The van der Waals surface area contributed by atoms with E-state index in [1.807, 2.05) is 42.5 Å². The maximum Gasteiger partial charge on any atom is 0.272 e. The average molecular weight is 756 g/mol. The Labute approximate surface area is 322 Å². The number of methoxy groups -OCH3 is 3. The Bertz CT molecular complexity index is 2220. The fourth-order valence-electron chi connectivity index (χ4n) is 5.65. The standard InChI is InChI=1S/C42H37N5O7S/c1-52-34-23-27(24-35(53-2)38(34)54-3)22-33(44-40(49)29-16-9-5-10-17-29)41(50)43-30-18-13-21-32(25-30)55-39(28-14-7-4-8-15-28)42(51)45-36-26-37(48)47(46-36)31-19-11-6-12-20-31/h4-25,39H,26H2,1-3H3,(H,43,50)(H,44,49)(H,45,46,51)/b33-22+. The van der Waals surface area contributed by atoms with Crippen LogP contribution in [0.15, 0.2) is 143 Å². The first-order valence-electron chi connectivity index (χ1n) is 17.0. The molecule has 6 rings (SSSR count). The monoisotopic (exact) mass is 755 g/mol. The largest absolute Gasteiger partial charge is 0.493 e. The average Bonchev–Trinajstić information content (AvgIpc) is 3.59. The van der Waals surface area contributed by atoms with Gasteiger partial charge in [-0.25, -0.2) is 0 Å². The van der Waals surface area contributed by atoms with Gasteiger partial charge in [0.1, 0.15) is 16.8 Å². The van der Waals surface area contributed by atoms with Gasteiger partial charge >= 0.3 is 0 Å². The lowest BCUT2D eigenvalue weighted by molar-refractivity contribution is -0.119. The van der Waals surface area contributed by atoms with E-state index in [0.717, 1.165) is 5.56 Å². The van der Waals surface area contributed by atoms with Crippen molar-refractivity contribution in [3.05, 3.63) is 150 Å². The normalized spacial score (nSPS) is 13.0. The van der Waals surface area contributed by atoms with E-state index in [2.05, 4.69) is 21.1 Å². The number of ether oxygens (including phenoxy) is 3. The van der Waals surface area contributed by atoms with E-state index in [4.69, 9.17) is 14.2 Å². The number of hydrazone groups is 1. The topological polar surface area (TPSA) is 148 Å². The minimum absolute atomic E-state index is 0.0545. The van der Waals surface area contributed by atoms with Crippen LogP contribution in [0, 0.1) is 0 Å². The van der Waals surface area contributed by atoms with Crippen LogP contribution >= 0.6 is 11.8 Å². The number of carbonyl (C=O) groups excluding carboxylic acids is 4. The molecule has 1 heterocycles. The van der Waals surface area contributed by atoms with Crippen LogP contribution in [-0.2, 0) is 14.4 Å². The van der Waals surface area contributed by atoms with Gasteiger partial charge in [0.05, 0.1) is 33.4 Å². The molecular formula is C42H37N5O7S. The molecule has 1 aliphatic heterocycles. The highest BCUT2D eigenvalue weighted by molar-refractivity contribution is 8.00. The second-order valence-corrected chi connectivity index (χ2v) is 13.2. The fourth-order valence-corrected chi connectivity index (χ4v) is 6.74. The first kappa shape index (κ1) is 37.9. The number of hydrogen-bond acceptors (Lipinski definition) is 9. The lowest BCUT2D eigenvalue weighted by atomic mass is 10.1. The number of para-hydroxylation sites is 1. The van der Waals surface area contributed by atoms with Crippen molar-refractivity contribution in [2.75, 3.05) is 31.7 Å². The Morgan fingerprint density at radius 1 is 0.764 bits per heavy atom. The van der Waals surface area contributed by atoms with Crippen LogP contribution in [0.1, 0.15) is 33.2 Å². The molecular weight excluding hydrogens is 719 g/mol. The fraction of sp³-hybridized carbons (Fsp3) is 0.119. The number of amidine groups is 1. The van der Waals surface area contributed by atoms with Gasteiger partial charge < -0.3 is 30.2 Å². The third-order valence-corrected chi connectivity index (χ3v) is 9.51. The number of anilines is 2. The Balaban J connectivity index is 1.25. The molecule has 13 heteroatoms. The van der Waals surface area contributed by atoms with Crippen LogP contribution in [0.25, 0.3) is 6.08 Å². The number of hydrogen-bond donors (Lipinski definition) is 3. The molecule has 0 aromatic heterocycles. The van der Waals surface area contributed by atoms with Crippen molar-refractivity contribution in [3.8, 4) is 17.2 Å². The van der Waals surface area contributed by atoms with E-state index < -0.39 is 17.1 Å². The lowest BCUT2D eigenvalue weighted by Gasteiger charge is -2.18. The molecule has 4 amide bonds. The predicted molar refractivity (Wildman–Crippen MR) is 212 cm³/mol. The number of benzene rings is 5. The van der Waals surface area contributed by atoms with Gasteiger partial charge in [0.15, 0.2) is 11.5 Å². The Morgan fingerprint density at radius 2 is 1.40 bits per heavy atom. The molecule has 5 aromatic rings. The maximum atomic E-state index is 13.9. The van der Waals surface area contributed by atoms with E-state index in [9.17, 15) is 19.2 Å². The molecule has 5 aromatic carbocycles. The van der Waals surface area contributed by atoms with E-state index >= 15 is 0 Å². The first-order chi connectivity index (χ1) is 26.8. The summed E-state index contributed by atoms with van der Waals surface area (Å²) in [7, 11) is 4.45. The van der Waals surface area contributed by atoms with Crippen molar-refractivity contribution in [2.45, 2.75) is 16.6 Å². The van der Waals surface area contributed by atoms with Crippen LogP contribution in [0.2, 0.25) is 0 Å². The van der Waals surface area contributed by atoms with Crippen LogP contribution in [0.5, 0.6) is 17.2 Å². The Kier molecular flexibility index (Phi) is 12.2. The number of carbonyl (C=O) groups is 4. The zero-order valence-electron chi connectivity index (χ0n) is 30.1. The maximum absolute atomic E-state index is 13.9. The summed E-state index contributed by atoms with van der Waals surface area (Å²) < 4.78 is 16.4. The zero-order chi connectivity index (χ0) is 38.7. The zero-order valence-corrected chi connectivity index (χ0v) is 31.0. The van der Waals surface area contributed by atoms with Crippen molar-refractivity contribution < 1.29 is 33.4 Å². The van der Waals surface area contributed by atoms with Gasteiger partial charge in [0, 0.05) is 16.1 Å². The molecule has 55 heavy (non-hydrogen) atoms. The number of thioether (sulfide) groups is 1. The van der Waals surface area contributed by atoms with Gasteiger partial charge in [0.25, 0.3) is 17.7 Å². The first-order valence-corrected chi connectivity index (χ1v) is 17.9. The highest BCUT2D eigenvalue weighted by Crippen LogP contribution is 2.39. The Hall–Kier alpha value is -6.86. The summed E-state index contributed by atoms with van der Waals surface area (Å²) in [6, 6.07) is 37.0. The highest BCUT2D eigenvalue weighted by Gasteiger charge is 2.30. The van der Waals surface area contributed by atoms with Gasteiger partial charge in [-0.1, -0.05) is 72.8 Å². The van der Waals surface area contributed by atoms with Crippen molar-refractivity contribution in [3.63, 3.8) is 0 Å². The number of rotatable bonds is 13. The molecule has 1 atom stereocenters. The Morgan fingerprint density at radius 3 is 2.04 bits per heavy atom. The van der Waals surface area contributed by atoms with E-state index in [-0.39, 0.29) is 29.8 Å². The van der Waals surface area contributed by atoms with Crippen molar-refractivity contribution in [1.29, 1.82) is 0 Å². The summed E-state index contributed by atoms with van der Waals surface area (Å²) in [6.45, 7) is 0. The molecule has 0 radical (unpaired) electrons. The molecule has 1 aliphatic rings. The van der Waals surface area contributed by atoms with Crippen LogP contribution in [0.4, 0.5) is 11.4 Å². The van der Waals surface area contributed by atoms with Gasteiger partial charge in [-0.2, -0.15) is 10.1 Å². The summed E-state index contributed by atoms with van der Waals surface area (Å²) >= 11 is 1.26. The van der Waals surface area contributed by atoms with Gasteiger partial charge in [-0.15, -0.1) is 11.8 Å². The highest BCUT2D eigenvalue weighted by atomic mass is 32.2. The molecule has 278 valence electrons. The van der Waals surface area contributed by atoms with Crippen LogP contribution in [0.3, 0.4) is 0 Å². The number of amides is 4. The minimum Gasteiger partial charge on any atom is -0.493 e. The van der Waals surface area contributed by atoms with Crippen LogP contribution in [-0.4, -0.2) is 50.8 Å². The predicted octanol–water partition coefficient (Wildman–Crippen LogP) is 6.82.